The van der Waals surface area contributed by atoms with Crippen molar-refractivity contribution >= 4 is 33.7 Å². The van der Waals surface area contributed by atoms with Gasteiger partial charge in [-0.3, -0.25) is 0 Å². The van der Waals surface area contributed by atoms with Crippen LogP contribution in [0.4, 0.5) is 26.0 Å². The molecule has 2 aromatic carbocycles. The van der Waals surface area contributed by atoms with Gasteiger partial charge in [0.15, 0.2) is 17.3 Å². The van der Waals surface area contributed by atoms with Crippen molar-refractivity contribution in [2.75, 3.05) is 11.1 Å². The Hall–Kier alpha value is -4.34. The first-order chi connectivity index (χ1) is 15.0. The van der Waals surface area contributed by atoms with Gasteiger partial charge in [-0.15, -0.1) is 0 Å². The van der Waals surface area contributed by atoms with Gasteiger partial charge in [0.25, 0.3) is 0 Å². The van der Waals surface area contributed by atoms with E-state index in [1.165, 1.54) is 24.8 Å². The highest BCUT2D eigenvalue weighted by Crippen LogP contribution is 2.34. The van der Waals surface area contributed by atoms with E-state index in [0.717, 1.165) is 0 Å². The zero-order chi connectivity index (χ0) is 21.5. The lowest BCUT2D eigenvalue weighted by atomic mass is 10.1. The normalized spacial score (nSPS) is 11.2. The number of nitrogens with two attached hydrogens (primary N) is 1. The summed E-state index contributed by atoms with van der Waals surface area (Å²) in [4.78, 5) is 12.2. The first-order valence-electron chi connectivity index (χ1n) is 9.23. The van der Waals surface area contributed by atoms with Crippen molar-refractivity contribution in [2.45, 2.75) is 6.92 Å². The van der Waals surface area contributed by atoms with E-state index in [0.29, 0.717) is 22.7 Å². The number of halogens is 2. The first-order valence-corrected chi connectivity index (χ1v) is 9.23. The minimum Gasteiger partial charge on any atom is -0.457 e. The maximum Gasteiger partial charge on any atom is 0.159 e. The number of hydrogen-bond acceptors (Lipinski definition) is 7. The van der Waals surface area contributed by atoms with Gasteiger partial charge in [-0.25, -0.2) is 28.2 Å². The molecule has 5 aromatic rings. The maximum atomic E-state index is 15.1. The number of rotatable bonds is 4. The van der Waals surface area contributed by atoms with Crippen LogP contribution in [-0.2, 0) is 0 Å². The highest BCUT2D eigenvalue weighted by atomic mass is 19.1. The predicted octanol–water partition coefficient (Wildman–Crippen LogP) is 4.38. The third kappa shape index (κ3) is 3.23. The van der Waals surface area contributed by atoms with Crippen molar-refractivity contribution in [1.29, 1.82) is 0 Å². The minimum atomic E-state index is -0.665. The van der Waals surface area contributed by atoms with Crippen molar-refractivity contribution in [3.8, 4) is 11.5 Å². The van der Waals surface area contributed by atoms with E-state index < -0.39 is 11.6 Å². The van der Waals surface area contributed by atoms with E-state index in [4.69, 9.17) is 10.5 Å². The van der Waals surface area contributed by atoms with Gasteiger partial charge in [-0.05, 0) is 37.3 Å². The molecular weight excluding hydrogens is 404 g/mol. The molecule has 5 rings (SSSR count). The average Bonchev–Trinajstić information content (AvgIpc) is 3.24. The SMILES string of the molecule is Cc1c(Oc2ccn3ncnc3c2)ccc(Nc2ncnc3ccc(N)c(F)c23)c1F. The van der Waals surface area contributed by atoms with Gasteiger partial charge in [-0.1, -0.05) is 0 Å². The van der Waals surface area contributed by atoms with Crippen LogP contribution in [-0.4, -0.2) is 24.6 Å². The number of nitrogen functional groups attached to an aromatic ring is 1. The Bertz CT molecular complexity index is 1450. The third-order valence-corrected chi connectivity index (χ3v) is 4.84. The van der Waals surface area contributed by atoms with Gasteiger partial charge in [0.2, 0.25) is 0 Å². The molecule has 10 heteroatoms. The lowest BCUT2D eigenvalue weighted by Crippen LogP contribution is -2.03. The highest BCUT2D eigenvalue weighted by Gasteiger charge is 2.16. The molecule has 0 aliphatic heterocycles. The summed E-state index contributed by atoms with van der Waals surface area (Å²) in [5.41, 5.74) is 6.95. The number of anilines is 3. The van der Waals surface area contributed by atoms with Gasteiger partial charge < -0.3 is 15.8 Å². The molecule has 0 radical (unpaired) electrons. The number of nitrogens with zero attached hydrogens (tertiary/aromatic N) is 5. The summed E-state index contributed by atoms with van der Waals surface area (Å²) >= 11 is 0. The van der Waals surface area contributed by atoms with E-state index in [9.17, 15) is 4.39 Å². The van der Waals surface area contributed by atoms with Crippen LogP contribution in [0.1, 0.15) is 5.56 Å². The lowest BCUT2D eigenvalue weighted by molar-refractivity contribution is 0.471. The summed E-state index contributed by atoms with van der Waals surface area (Å²) < 4.78 is 37.1. The third-order valence-electron chi connectivity index (χ3n) is 4.84. The van der Waals surface area contributed by atoms with Crippen LogP contribution >= 0.6 is 0 Å². The standard InChI is InChI=1S/C21H15F2N7O/c1-11-16(31-12-6-7-30-17(8-12)26-10-28-30)5-4-15(19(11)22)29-21-18-14(25-9-27-21)3-2-13(24)20(18)23/h2-10H,24H2,1H3,(H,25,27,29). The molecule has 0 aliphatic carbocycles. The van der Waals surface area contributed by atoms with Crippen LogP contribution in [0, 0.1) is 18.6 Å². The van der Waals surface area contributed by atoms with Crippen molar-refractivity contribution in [1.82, 2.24) is 24.6 Å². The Balaban J connectivity index is 1.48. The van der Waals surface area contributed by atoms with Crippen molar-refractivity contribution in [3.05, 3.63) is 72.4 Å². The Kier molecular flexibility index (Phi) is 4.32. The Morgan fingerprint density at radius 3 is 2.74 bits per heavy atom. The maximum absolute atomic E-state index is 15.1. The number of benzene rings is 2. The number of pyridine rings is 1. The summed E-state index contributed by atoms with van der Waals surface area (Å²) in [6, 6.07) is 9.49. The summed E-state index contributed by atoms with van der Waals surface area (Å²) in [7, 11) is 0. The Labute approximate surface area is 174 Å². The molecule has 0 unspecified atom stereocenters. The second-order valence-electron chi connectivity index (χ2n) is 6.79. The van der Waals surface area contributed by atoms with Crippen LogP contribution in [0.15, 0.2) is 55.2 Å². The van der Waals surface area contributed by atoms with Crippen LogP contribution in [0.5, 0.6) is 11.5 Å². The van der Waals surface area contributed by atoms with E-state index in [-0.39, 0.29) is 28.1 Å². The van der Waals surface area contributed by atoms with Crippen molar-refractivity contribution in [3.63, 3.8) is 0 Å². The Morgan fingerprint density at radius 2 is 1.87 bits per heavy atom. The second kappa shape index (κ2) is 7.17. The molecule has 0 aliphatic rings. The van der Waals surface area contributed by atoms with Crippen LogP contribution in [0.2, 0.25) is 0 Å². The van der Waals surface area contributed by atoms with Gasteiger partial charge in [0.05, 0.1) is 22.3 Å². The Morgan fingerprint density at radius 1 is 1.00 bits per heavy atom. The molecule has 3 aromatic heterocycles. The van der Waals surface area contributed by atoms with E-state index in [2.05, 4.69) is 25.4 Å². The van der Waals surface area contributed by atoms with Gasteiger partial charge in [0, 0.05) is 17.8 Å². The fourth-order valence-corrected chi connectivity index (χ4v) is 3.21. The molecule has 3 N–H and O–H groups in total. The van der Waals surface area contributed by atoms with Crippen molar-refractivity contribution in [2.24, 2.45) is 0 Å². The molecule has 31 heavy (non-hydrogen) atoms. The molecule has 0 fully saturated rings. The molecule has 0 atom stereocenters. The predicted molar refractivity (Wildman–Crippen MR) is 111 cm³/mol. The average molecular weight is 419 g/mol. The smallest absolute Gasteiger partial charge is 0.159 e. The summed E-state index contributed by atoms with van der Waals surface area (Å²) in [6.45, 7) is 1.59. The molecule has 0 saturated heterocycles. The fourth-order valence-electron chi connectivity index (χ4n) is 3.21. The zero-order valence-electron chi connectivity index (χ0n) is 16.2. The summed E-state index contributed by atoms with van der Waals surface area (Å²) in [6.07, 6.45) is 4.39. The molecule has 0 bridgehead atoms. The largest absolute Gasteiger partial charge is 0.457 e. The zero-order valence-corrected chi connectivity index (χ0v) is 16.2. The number of fused-ring (bicyclic) bond motifs is 2. The van der Waals surface area contributed by atoms with Gasteiger partial charge in [0.1, 0.15) is 30.0 Å². The monoisotopic (exact) mass is 419 g/mol. The van der Waals surface area contributed by atoms with Crippen LogP contribution in [0.3, 0.4) is 0 Å². The summed E-state index contributed by atoms with van der Waals surface area (Å²) in [5.74, 6) is -0.296. The summed E-state index contributed by atoms with van der Waals surface area (Å²) in [5, 5.41) is 6.94. The number of nitrogens with one attached hydrogen (secondary N) is 1. The fraction of sp³-hybridized carbons (Fsp3) is 0.0476. The second-order valence-corrected chi connectivity index (χ2v) is 6.79. The van der Waals surface area contributed by atoms with E-state index >= 15 is 4.39 Å². The van der Waals surface area contributed by atoms with Gasteiger partial charge >= 0.3 is 0 Å². The molecule has 8 nitrogen and oxygen atoms in total. The quantitative estimate of drug-likeness (QED) is 0.417. The number of aromatic nitrogens is 5. The van der Waals surface area contributed by atoms with E-state index in [1.54, 1.807) is 41.9 Å². The van der Waals surface area contributed by atoms with Crippen LogP contribution in [0.25, 0.3) is 16.6 Å². The molecule has 3 heterocycles. The molecular formula is C21H15F2N7O. The van der Waals surface area contributed by atoms with E-state index in [1.807, 2.05) is 0 Å². The number of hydrogen-bond donors (Lipinski definition) is 2. The minimum absolute atomic E-state index is 0.0459. The molecule has 0 saturated carbocycles. The highest BCUT2D eigenvalue weighted by molar-refractivity contribution is 5.93. The molecule has 154 valence electrons. The topological polar surface area (TPSA) is 103 Å². The van der Waals surface area contributed by atoms with Crippen molar-refractivity contribution < 1.29 is 13.5 Å². The number of ether oxygens (including phenoxy) is 1. The van der Waals surface area contributed by atoms with Gasteiger partial charge in [-0.2, -0.15) is 5.10 Å². The molecule has 0 amide bonds. The molecule has 0 spiro atoms. The lowest BCUT2D eigenvalue weighted by Gasteiger charge is -2.14. The van der Waals surface area contributed by atoms with Crippen LogP contribution < -0.4 is 15.8 Å². The first kappa shape index (κ1) is 18.7.